The van der Waals surface area contributed by atoms with Gasteiger partial charge in [0.25, 0.3) is 0 Å². The lowest BCUT2D eigenvalue weighted by atomic mass is 10.2. The largest absolute Gasteiger partial charge is 0.475 e. The third kappa shape index (κ3) is 3.65. The summed E-state index contributed by atoms with van der Waals surface area (Å²) in [6, 6.07) is 7.46. The molecule has 0 bridgehead atoms. The predicted molar refractivity (Wildman–Crippen MR) is 61.2 cm³/mol. The van der Waals surface area contributed by atoms with E-state index in [1.165, 1.54) is 0 Å². The number of hydrogen-bond acceptors (Lipinski definition) is 3. The summed E-state index contributed by atoms with van der Waals surface area (Å²) in [5, 5.41) is 8.43. The zero-order valence-corrected chi connectivity index (χ0v) is 9.23. The van der Waals surface area contributed by atoms with Gasteiger partial charge in [0.05, 0.1) is 12.1 Å². The number of rotatable bonds is 4. The molecule has 0 aliphatic rings. The number of aliphatic carboxylic acids is 1. The molecule has 4 heteroatoms. The molecule has 4 nitrogen and oxygen atoms in total. The lowest BCUT2D eigenvalue weighted by Crippen LogP contribution is -2.15. The Bertz CT molecular complexity index is 432. The molecule has 1 N–H and O–H groups in total. The van der Waals surface area contributed by atoms with Gasteiger partial charge in [-0.25, -0.2) is 4.79 Å². The molecule has 0 amide bonds. The molecule has 0 heterocycles. The molecule has 0 unspecified atom stereocenters. The molecule has 84 valence electrons. The van der Waals surface area contributed by atoms with Crippen molar-refractivity contribution >= 4 is 23.2 Å². The first-order chi connectivity index (χ1) is 7.49. The Balaban J connectivity index is 2.73. The molecule has 0 radical (unpaired) electrons. The van der Waals surface area contributed by atoms with Crippen LogP contribution in [0.3, 0.4) is 0 Å². The third-order valence-corrected chi connectivity index (χ3v) is 2.01. The van der Waals surface area contributed by atoms with E-state index in [1.54, 1.807) is 6.92 Å². The van der Waals surface area contributed by atoms with Gasteiger partial charge in [-0.1, -0.05) is 17.7 Å². The number of Topliss-reactive ketones (excluding diaryl/α,β-unsaturated/α-hetero) is 1. The van der Waals surface area contributed by atoms with Gasteiger partial charge in [0.2, 0.25) is 5.78 Å². The second-order valence-electron chi connectivity index (χ2n) is 3.59. The maximum atomic E-state index is 10.9. The molecule has 0 saturated heterocycles. The van der Waals surface area contributed by atoms with Crippen LogP contribution in [0.25, 0.3) is 0 Å². The number of aliphatic imine (C=N–C) groups is 1. The Morgan fingerprint density at radius 3 is 2.31 bits per heavy atom. The Hall–Kier alpha value is -1.97. The molecule has 0 aliphatic heterocycles. The van der Waals surface area contributed by atoms with Crippen molar-refractivity contribution in [3.63, 3.8) is 0 Å². The van der Waals surface area contributed by atoms with E-state index in [9.17, 15) is 9.59 Å². The number of benzene rings is 1. The van der Waals surface area contributed by atoms with Crippen LogP contribution in [0.15, 0.2) is 29.3 Å². The minimum absolute atomic E-state index is 0.150. The Morgan fingerprint density at radius 2 is 1.81 bits per heavy atom. The van der Waals surface area contributed by atoms with Gasteiger partial charge in [0, 0.05) is 5.71 Å². The number of ketones is 1. The first-order valence-corrected chi connectivity index (χ1v) is 4.86. The van der Waals surface area contributed by atoms with Gasteiger partial charge in [-0.2, -0.15) is 0 Å². The highest BCUT2D eigenvalue weighted by Gasteiger charge is 2.12. The number of nitrogens with zero attached hydrogens (tertiary/aromatic N) is 1. The fourth-order valence-corrected chi connectivity index (χ4v) is 1.19. The van der Waals surface area contributed by atoms with Crippen LogP contribution >= 0.6 is 0 Å². The summed E-state index contributed by atoms with van der Waals surface area (Å²) in [4.78, 5) is 25.4. The van der Waals surface area contributed by atoms with Crippen LogP contribution in [-0.2, 0) is 9.59 Å². The van der Waals surface area contributed by atoms with Gasteiger partial charge in [-0.3, -0.25) is 9.79 Å². The molecule has 0 saturated carbocycles. The summed E-state index contributed by atoms with van der Waals surface area (Å²) in [6.45, 7) is 3.61. The van der Waals surface area contributed by atoms with Gasteiger partial charge in [0.15, 0.2) is 0 Å². The quantitative estimate of drug-likeness (QED) is 0.623. The van der Waals surface area contributed by atoms with Crippen LogP contribution in [0.5, 0.6) is 0 Å². The molecule has 1 rings (SSSR count). The zero-order valence-electron chi connectivity index (χ0n) is 9.23. The normalized spacial score (nSPS) is 11.2. The highest BCUT2D eigenvalue weighted by molar-refractivity contribution is 6.36. The SMILES string of the molecule is CC(CC(=O)C(=O)O)=Nc1ccc(C)cc1. The number of carbonyl (C=O) groups excluding carboxylic acids is 1. The maximum absolute atomic E-state index is 10.9. The minimum atomic E-state index is -1.42. The van der Waals surface area contributed by atoms with Crippen LogP contribution in [0.4, 0.5) is 5.69 Å². The number of carbonyl (C=O) groups is 2. The predicted octanol–water partition coefficient (Wildman–Crippen LogP) is 2.13. The summed E-state index contributed by atoms with van der Waals surface area (Å²) in [5.74, 6) is -2.26. The van der Waals surface area contributed by atoms with E-state index in [1.807, 2.05) is 31.2 Å². The Kier molecular flexibility index (Phi) is 3.94. The maximum Gasteiger partial charge on any atom is 0.372 e. The molecule has 0 atom stereocenters. The van der Waals surface area contributed by atoms with Gasteiger partial charge < -0.3 is 5.11 Å². The molecule has 1 aromatic carbocycles. The molecule has 16 heavy (non-hydrogen) atoms. The van der Waals surface area contributed by atoms with E-state index in [0.29, 0.717) is 5.71 Å². The molecule has 0 aromatic heterocycles. The van der Waals surface area contributed by atoms with Gasteiger partial charge in [0.1, 0.15) is 0 Å². The summed E-state index contributed by atoms with van der Waals surface area (Å²) in [5.41, 5.74) is 2.34. The van der Waals surface area contributed by atoms with Crippen molar-refractivity contribution in [2.24, 2.45) is 4.99 Å². The first-order valence-electron chi connectivity index (χ1n) is 4.86. The second-order valence-corrected chi connectivity index (χ2v) is 3.59. The van der Waals surface area contributed by atoms with E-state index in [0.717, 1.165) is 11.3 Å². The van der Waals surface area contributed by atoms with Gasteiger partial charge in [-0.15, -0.1) is 0 Å². The second kappa shape index (κ2) is 5.21. The average molecular weight is 219 g/mol. The number of carboxylic acid groups (broad SMARTS) is 1. The summed E-state index contributed by atoms with van der Waals surface area (Å²) >= 11 is 0. The minimum Gasteiger partial charge on any atom is -0.475 e. The Labute approximate surface area is 93.6 Å². The molecule has 0 fully saturated rings. The smallest absolute Gasteiger partial charge is 0.372 e. The number of hydrogen-bond donors (Lipinski definition) is 1. The van der Waals surface area contributed by atoms with Gasteiger partial charge >= 0.3 is 5.97 Å². The monoisotopic (exact) mass is 219 g/mol. The molecular weight excluding hydrogens is 206 g/mol. The highest BCUT2D eigenvalue weighted by Crippen LogP contribution is 2.13. The van der Waals surface area contributed by atoms with Crippen LogP contribution in [0.2, 0.25) is 0 Å². The average Bonchev–Trinajstić information content (AvgIpc) is 2.21. The molecular formula is C12H13NO3. The first kappa shape index (κ1) is 12.1. The van der Waals surface area contributed by atoms with Crippen molar-refractivity contribution in [2.75, 3.05) is 0 Å². The van der Waals surface area contributed by atoms with Crippen LogP contribution in [0.1, 0.15) is 18.9 Å². The third-order valence-electron chi connectivity index (χ3n) is 2.01. The molecule has 1 aromatic rings. The fraction of sp³-hybridized carbons (Fsp3) is 0.250. The standard InChI is InChI=1S/C12H13NO3/c1-8-3-5-10(6-4-8)13-9(2)7-11(14)12(15)16/h3-6H,7H2,1-2H3,(H,15,16). The summed E-state index contributed by atoms with van der Waals surface area (Å²) in [7, 11) is 0. The number of carboxylic acids is 1. The van der Waals surface area contributed by atoms with Crippen LogP contribution < -0.4 is 0 Å². The summed E-state index contributed by atoms with van der Waals surface area (Å²) < 4.78 is 0. The van der Waals surface area contributed by atoms with Crippen molar-refractivity contribution in [2.45, 2.75) is 20.3 Å². The van der Waals surface area contributed by atoms with Crippen molar-refractivity contribution in [3.8, 4) is 0 Å². The number of aryl methyl sites for hydroxylation is 1. The Morgan fingerprint density at radius 1 is 1.25 bits per heavy atom. The van der Waals surface area contributed by atoms with Crippen LogP contribution in [0, 0.1) is 6.92 Å². The van der Waals surface area contributed by atoms with E-state index in [2.05, 4.69) is 4.99 Å². The zero-order chi connectivity index (χ0) is 12.1. The lowest BCUT2D eigenvalue weighted by Gasteiger charge is -1.98. The molecule has 0 aliphatic carbocycles. The van der Waals surface area contributed by atoms with Gasteiger partial charge in [-0.05, 0) is 26.0 Å². The van der Waals surface area contributed by atoms with E-state index < -0.39 is 11.8 Å². The molecule has 0 spiro atoms. The highest BCUT2D eigenvalue weighted by atomic mass is 16.4. The van der Waals surface area contributed by atoms with Crippen molar-refractivity contribution in [1.29, 1.82) is 0 Å². The van der Waals surface area contributed by atoms with Crippen molar-refractivity contribution in [3.05, 3.63) is 29.8 Å². The lowest BCUT2D eigenvalue weighted by molar-refractivity contribution is -0.148. The van der Waals surface area contributed by atoms with Crippen LogP contribution in [-0.4, -0.2) is 22.6 Å². The van der Waals surface area contributed by atoms with E-state index in [4.69, 9.17) is 5.11 Å². The fourth-order valence-electron chi connectivity index (χ4n) is 1.19. The topological polar surface area (TPSA) is 66.7 Å². The van der Waals surface area contributed by atoms with Crippen molar-refractivity contribution in [1.82, 2.24) is 0 Å². The van der Waals surface area contributed by atoms with E-state index in [-0.39, 0.29) is 6.42 Å². The van der Waals surface area contributed by atoms with Crippen molar-refractivity contribution < 1.29 is 14.7 Å². The van der Waals surface area contributed by atoms with E-state index >= 15 is 0 Å². The summed E-state index contributed by atoms with van der Waals surface area (Å²) in [6.07, 6.45) is -0.150.